The fraction of sp³-hybridized carbons (Fsp3) is 0.333. The minimum atomic E-state index is -0.470. The average Bonchev–Trinajstić information content (AvgIpc) is 2.99. The second-order valence-electron chi connectivity index (χ2n) is 6.73. The molecule has 0 saturated carbocycles. The lowest BCUT2D eigenvalue weighted by molar-refractivity contribution is -0.124. The second kappa shape index (κ2) is 7.28. The highest BCUT2D eigenvalue weighted by Crippen LogP contribution is 2.30. The van der Waals surface area contributed by atoms with Gasteiger partial charge < -0.3 is 9.80 Å². The van der Waals surface area contributed by atoms with E-state index in [1.165, 1.54) is 11.0 Å². The molecule has 2 aromatic rings. The molecule has 1 atom stereocenters. The summed E-state index contributed by atoms with van der Waals surface area (Å²) in [6.45, 7) is 6.40. The summed E-state index contributed by atoms with van der Waals surface area (Å²) in [4.78, 5) is 28.6. The van der Waals surface area contributed by atoms with Gasteiger partial charge >= 0.3 is 0 Å². The van der Waals surface area contributed by atoms with E-state index in [0.717, 1.165) is 16.8 Å². The molecule has 0 radical (unpaired) electrons. The highest BCUT2D eigenvalue weighted by Gasteiger charge is 2.38. The minimum Gasteiger partial charge on any atom is -0.312 e. The van der Waals surface area contributed by atoms with Gasteiger partial charge in [-0.1, -0.05) is 24.3 Å². The lowest BCUT2D eigenvalue weighted by Gasteiger charge is -2.26. The first kappa shape index (κ1) is 18.1. The molecular weight excluding hydrogens is 331 g/mol. The Labute approximate surface area is 153 Å². The Morgan fingerprint density at radius 2 is 1.96 bits per heavy atom. The zero-order valence-corrected chi connectivity index (χ0v) is 15.3. The molecule has 1 fully saturated rings. The normalized spacial score (nSPS) is 16.8. The molecule has 1 aliphatic heterocycles. The van der Waals surface area contributed by atoms with Crippen molar-refractivity contribution in [3.05, 3.63) is 59.4 Å². The van der Waals surface area contributed by atoms with Crippen molar-refractivity contribution < 1.29 is 14.0 Å². The molecule has 2 amide bonds. The summed E-state index contributed by atoms with van der Waals surface area (Å²) in [7, 11) is 0. The van der Waals surface area contributed by atoms with Gasteiger partial charge in [-0.05, 0) is 50.1 Å². The van der Waals surface area contributed by atoms with Crippen molar-refractivity contribution in [2.24, 2.45) is 5.92 Å². The number of rotatable bonds is 4. The van der Waals surface area contributed by atoms with Gasteiger partial charge in [-0.3, -0.25) is 9.59 Å². The van der Waals surface area contributed by atoms with Crippen molar-refractivity contribution in [3.8, 4) is 0 Å². The summed E-state index contributed by atoms with van der Waals surface area (Å²) in [5.41, 5.74) is 2.90. The molecule has 1 aliphatic rings. The molecule has 1 heterocycles. The smallest absolute Gasteiger partial charge is 0.232 e. The second-order valence-corrected chi connectivity index (χ2v) is 6.73. The first-order valence-corrected chi connectivity index (χ1v) is 8.86. The zero-order valence-electron chi connectivity index (χ0n) is 15.3. The first-order valence-electron chi connectivity index (χ1n) is 8.86. The number of amides is 2. The summed E-state index contributed by atoms with van der Waals surface area (Å²) >= 11 is 0. The van der Waals surface area contributed by atoms with Crippen LogP contribution in [0.4, 0.5) is 15.8 Å². The predicted octanol–water partition coefficient (Wildman–Crippen LogP) is 3.85. The lowest BCUT2D eigenvalue weighted by Crippen LogP contribution is -2.38. The van der Waals surface area contributed by atoms with E-state index in [4.69, 9.17) is 0 Å². The summed E-state index contributed by atoms with van der Waals surface area (Å²) < 4.78 is 14.3. The van der Waals surface area contributed by atoms with Gasteiger partial charge in [0.05, 0.1) is 11.6 Å². The van der Waals surface area contributed by atoms with Crippen molar-refractivity contribution in [1.82, 2.24) is 0 Å². The Hall–Kier alpha value is -2.69. The molecular formula is C21H23FN2O2. The molecule has 26 heavy (non-hydrogen) atoms. The van der Waals surface area contributed by atoms with E-state index in [9.17, 15) is 14.0 Å². The molecule has 1 unspecified atom stereocenters. The van der Waals surface area contributed by atoms with Crippen LogP contribution in [-0.4, -0.2) is 24.9 Å². The summed E-state index contributed by atoms with van der Waals surface area (Å²) in [5.74, 6) is -1.21. The number of carbonyl (C=O) groups excluding carboxylic acids is 2. The van der Waals surface area contributed by atoms with Crippen molar-refractivity contribution in [3.63, 3.8) is 0 Å². The number of nitrogens with zero attached hydrogens (tertiary/aromatic N) is 2. The Kier molecular flexibility index (Phi) is 5.07. The lowest BCUT2D eigenvalue weighted by atomic mass is 10.1. The topological polar surface area (TPSA) is 40.6 Å². The zero-order chi connectivity index (χ0) is 18.8. The van der Waals surface area contributed by atoms with Gasteiger partial charge in [0.1, 0.15) is 5.82 Å². The Morgan fingerprint density at radius 1 is 1.23 bits per heavy atom. The number of carbonyl (C=O) groups is 2. The molecule has 136 valence electrons. The van der Waals surface area contributed by atoms with E-state index in [1.54, 1.807) is 24.0 Å². The highest BCUT2D eigenvalue weighted by molar-refractivity contribution is 6.04. The maximum atomic E-state index is 14.3. The van der Waals surface area contributed by atoms with Crippen LogP contribution in [-0.2, 0) is 9.59 Å². The van der Waals surface area contributed by atoms with Crippen LogP contribution >= 0.6 is 0 Å². The van der Waals surface area contributed by atoms with Crippen LogP contribution in [0, 0.1) is 25.6 Å². The van der Waals surface area contributed by atoms with Crippen LogP contribution in [0.2, 0.25) is 0 Å². The third-order valence-electron chi connectivity index (χ3n) is 4.86. The summed E-state index contributed by atoms with van der Waals surface area (Å²) in [5, 5.41) is 0. The van der Waals surface area contributed by atoms with E-state index in [0.29, 0.717) is 6.54 Å². The number of hydrogen-bond donors (Lipinski definition) is 0. The molecule has 0 spiro atoms. The van der Waals surface area contributed by atoms with Gasteiger partial charge in [-0.25, -0.2) is 4.39 Å². The quantitative estimate of drug-likeness (QED) is 0.837. The minimum absolute atomic E-state index is 0.0924. The van der Waals surface area contributed by atoms with Gasteiger partial charge in [-0.2, -0.15) is 0 Å². The van der Waals surface area contributed by atoms with Crippen LogP contribution in [0.15, 0.2) is 42.5 Å². The van der Waals surface area contributed by atoms with E-state index in [-0.39, 0.29) is 30.5 Å². The van der Waals surface area contributed by atoms with Crippen LogP contribution in [0.1, 0.15) is 24.5 Å². The maximum absolute atomic E-state index is 14.3. The van der Waals surface area contributed by atoms with Crippen LogP contribution in [0.25, 0.3) is 0 Å². The third-order valence-corrected chi connectivity index (χ3v) is 4.86. The molecule has 0 aliphatic carbocycles. The van der Waals surface area contributed by atoms with E-state index in [2.05, 4.69) is 0 Å². The number of benzene rings is 2. The molecule has 4 nitrogen and oxygen atoms in total. The number of aryl methyl sites for hydroxylation is 2. The van der Waals surface area contributed by atoms with Crippen molar-refractivity contribution in [2.75, 3.05) is 22.9 Å². The number of halogens is 1. The maximum Gasteiger partial charge on any atom is 0.232 e. The molecule has 0 N–H and O–H groups in total. The largest absolute Gasteiger partial charge is 0.312 e. The molecule has 0 aromatic heterocycles. The highest BCUT2D eigenvalue weighted by atomic mass is 19.1. The van der Waals surface area contributed by atoms with Gasteiger partial charge in [0.25, 0.3) is 0 Å². The first-order chi connectivity index (χ1) is 12.4. The molecule has 0 bridgehead atoms. The summed E-state index contributed by atoms with van der Waals surface area (Å²) in [6, 6.07) is 12.5. The van der Waals surface area contributed by atoms with E-state index >= 15 is 0 Å². The molecule has 5 heteroatoms. The van der Waals surface area contributed by atoms with E-state index in [1.807, 2.05) is 38.1 Å². The number of hydrogen-bond acceptors (Lipinski definition) is 2. The fourth-order valence-electron chi connectivity index (χ4n) is 3.47. The molecule has 2 aromatic carbocycles. The van der Waals surface area contributed by atoms with Gasteiger partial charge in [0, 0.05) is 25.2 Å². The Morgan fingerprint density at radius 3 is 2.62 bits per heavy atom. The Balaban J connectivity index is 1.83. The fourth-order valence-corrected chi connectivity index (χ4v) is 3.47. The van der Waals surface area contributed by atoms with Gasteiger partial charge in [0.15, 0.2) is 0 Å². The monoisotopic (exact) mass is 354 g/mol. The molecule has 1 saturated heterocycles. The summed E-state index contributed by atoms with van der Waals surface area (Å²) in [6.07, 6.45) is 0.106. The molecule has 3 rings (SSSR count). The van der Waals surface area contributed by atoms with Crippen LogP contribution in [0.5, 0.6) is 0 Å². The SMILES string of the molecule is CCN(C(=O)C1CC(=O)N(c2ccc(C)cc2F)C1)c1ccccc1C. The number of anilines is 2. The van der Waals surface area contributed by atoms with Crippen LogP contribution < -0.4 is 9.80 Å². The van der Waals surface area contributed by atoms with Gasteiger partial charge in [0.2, 0.25) is 11.8 Å². The van der Waals surface area contributed by atoms with E-state index < -0.39 is 11.7 Å². The van der Waals surface area contributed by atoms with Crippen molar-refractivity contribution >= 4 is 23.2 Å². The average molecular weight is 354 g/mol. The Bertz CT molecular complexity index is 850. The number of para-hydroxylation sites is 1. The predicted molar refractivity (Wildman–Crippen MR) is 101 cm³/mol. The third kappa shape index (κ3) is 3.34. The van der Waals surface area contributed by atoms with Crippen molar-refractivity contribution in [2.45, 2.75) is 27.2 Å². The standard InChI is InChI=1S/C21H23FN2O2/c1-4-23(18-8-6-5-7-15(18)3)21(26)16-12-20(25)24(13-16)19-10-9-14(2)11-17(19)22/h5-11,16H,4,12-13H2,1-3H3. The van der Waals surface area contributed by atoms with Crippen molar-refractivity contribution in [1.29, 1.82) is 0 Å². The van der Waals surface area contributed by atoms with Gasteiger partial charge in [-0.15, -0.1) is 0 Å². The van der Waals surface area contributed by atoms with Crippen LogP contribution in [0.3, 0.4) is 0 Å².